The van der Waals surface area contributed by atoms with Gasteiger partial charge in [0.15, 0.2) is 5.82 Å². The molecule has 3 heteroatoms. The number of furan rings is 1. The smallest absolute Gasteiger partial charge is 0.164 e. The molecule has 6 aromatic carbocycles. The van der Waals surface area contributed by atoms with Crippen molar-refractivity contribution < 1.29 is 4.42 Å². The first-order chi connectivity index (χ1) is 20.6. The van der Waals surface area contributed by atoms with E-state index >= 15 is 0 Å². The van der Waals surface area contributed by atoms with Crippen LogP contribution in [0.3, 0.4) is 0 Å². The zero-order valence-electron chi connectivity index (χ0n) is 23.3. The minimum atomic E-state index is -0.0852. The molecular weight excluding hydrogens is 512 g/mol. The lowest BCUT2D eigenvalue weighted by Gasteiger charge is -2.21. The van der Waals surface area contributed by atoms with E-state index < -0.39 is 0 Å². The van der Waals surface area contributed by atoms with Gasteiger partial charge in [0.05, 0.1) is 16.8 Å². The highest BCUT2D eigenvalue weighted by Gasteiger charge is 2.36. The van der Waals surface area contributed by atoms with Crippen molar-refractivity contribution in [2.24, 2.45) is 0 Å². The number of hydrogen-bond acceptors (Lipinski definition) is 3. The zero-order chi connectivity index (χ0) is 28.0. The molecule has 0 saturated carbocycles. The molecule has 198 valence electrons. The molecule has 0 saturated heterocycles. The summed E-state index contributed by atoms with van der Waals surface area (Å²) in [5.74, 6) is 0.666. The normalized spacial score (nSPS) is 13.7. The SMILES string of the molecule is CC1(C)c2ccccc2-c2cc3c(cc21)oc1c(-c2nc(-c4ccc5ccccc5c4)c4ccccc4n2)cccc13. The second-order valence-electron chi connectivity index (χ2n) is 11.8. The average molecular weight is 539 g/mol. The highest BCUT2D eigenvalue weighted by molar-refractivity contribution is 6.11. The molecule has 0 fully saturated rings. The van der Waals surface area contributed by atoms with Gasteiger partial charge in [0.25, 0.3) is 0 Å². The molecular formula is C39H26N2O. The van der Waals surface area contributed by atoms with Crippen molar-refractivity contribution >= 4 is 43.6 Å². The highest BCUT2D eigenvalue weighted by atomic mass is 16.3. The minimum absolute atomic E-state index is 0.0852. The summed E-state index contributed by atoms with van der Waals surface area (Å²) in [6, 6.07) is 42.8. The van der Waals surface area contributed by atoms with Crippen LogP contribution in [0.4, 0.5) is 0 Å². The molecule has 9 rings (SSSR count). The molecule has 0 aliphatic heterocycles. The topological polar surface area (TPSA) is 38.9 Å². The molecule has 8 aromatic rings. The van der Waals surface area contributed by atoms with Crippen LogP contribution in [0.15, 0.2) is 126 Å². The van der Waals surface area contributed by atoms with Crippen LogP contribution >= 0.6 is 0 Å². The summed E-state index contributed by atoms with van der Waals surface area (Å²) >= 11 is 0. The zero-order valence-corrected chi connectivity index (χ0v) is 23.3. The molecule has 0 bridgehead atoms. The quantitative estimate of drug-likeness (QED) is 0.220. The van der Waals surface area contributed by atoms with E-state index in [1.807, 2.05) is 6.07 Å². The molecule has 2 heterocycles. The largest absolute Gasteiger partial charge is 0.455 e. The Morgan fingerprint density at radius 3 is 2.24 bits per heavy atom. The first-order valence-electron chi connectivity index (χ1n) is 14.4. The number of benzene rings is 6. The van der Waals surface area contributed by atoms with Gasteiger partial charge in [-0.25, -0.2) is 9.97 Å². The molecule has 0 atom stereocenters. The van der Waals surface area contributed by atoms with Gasteiger partial charge in [0.1, 0.15) is 11.2 Å². The molecule has 42 heavy (non-hydrogen) atoms. The summed E-state index contributed by atoms with van der Waals surface area (Å²) in [4.78, 5) is 10.3. The van der Waals surface area contributed by atoms with Crippen LogP contribution in [0, 0.1) is 0 Å². The van der Waals surface area contributed by atoms with Gasteiger partial charge < -0.3 is 4.42 Å². The molecule has 1 aliphatic rings. The standard InChI is InChI=1S/C39H26N2O/c1-39(2)32-16-7-5-12-26(32)30-21-31-27-14-9-15-29(37(27)42-35(31)22-33(30)39)38-40-34-17-8-6-13-28(34)36(41-38)25-19-18-23-10-3-4-11-24(23)20-25/h3-22H,1-2H3. The van der Waals surface area contributed by atoms with Crippen LogP contribution in [-0.2, 0) is 5.41 Å². The van der Waals surface area contributed by atoms with Gasteiger partial charge in [-0.3, -0.25) is 0 Å². The van der Waals surface area contributed by atoms with Crippen molar-refractivity contribution in [3.05, 3.63) is 132 Å². The molecule has 2 aromatic heterocycles. The van der Waals surface area contributed by atoms with Crippen LogP contribution in [0.5, 0.6) is 0 Å². The van der Waals surface area contributed by atoms with Gasteiger partial charge in [0, 0.05) is 27.1 Å². The summed E-state index contributed by atoms with van der Waals surface area (Å²) in [7, 11) is 0. The Morgan fingerprint density at radius 1 is 0.548 bits per heavy atom. The second kappa shape index (κ2) is 8.37. The van der Waals surface area contributed by atoms with E-state index in [1.54, 1.807) is 0 Å². The van der Waals surface area contributed by atoms with Crippen molar-refractivity contribution in [2.75, 3.05) is 0 Å². The fourth-order valence-electron chi connectivity index (χ4n) is 6.92. The first-order valence-corrected chi connectivity index (χ1v) is 14.4. The molecule has 0 N–H and O–H groups in total. The molecule has 0 unspecified atom stereocenters. The number of rotatable bonds is 2. The van der Waals surface area contributed by atoms with E-state index in [-0.39, 0.29) is 5.41 Å². The van der Waals surface area contributed by atoms with Crippen molar-refractivity contribution in [1.29, 1.82) is 0 Å². The van der Waals surface area contributed by atoms with E-state index in [4.69, 9.17) is 14.4 Å². The summed E-state index contributed by atoms with van der Waals surface area (Å²) < 4.78 is 6.69. The van der Waals surface area contributed by atoms with Gasteiger partial charge in [-0.05, 0) is 63.4 Å². The van der Waals surface area contributed by atoms with E-state index in [1.165, 1.54) is 33.0 Å². The average Bonchev–Trinajstić information content (AvgIpc) is 3.51. The fraction of sp³-hybridized carbons (Fsp3) is 0.0769. The lowest BCUT2D eigenvalue weighted by atomic mass is 9.82. The maximum Gasteiger partial charge on any atom is 0.164 e. The van der Waals surface area contributed by atoms with Gasteiger partial charge in [-0.2, -0.15) is 0 Å². The van der Waals surface area contributed by atoms with Crippen molar-refractivity contribution in [1.82, 2.24) is 9.97 Å². The highest BCUT2D eigenvalue weighted by Crippen LogP contribution is 2.51. The lowest BCUT2D eigenvalue weighted by molar-refractivity contribution is 0.647. The number of nitrogens with zero attached hydrogens (tertiary/aromatic N) is 2. The molecule has 1 aliphatic carbocycles. The van der Waals surface area contributed by atoms with Crippen LogP contribution in [0.1, 0.15) is 25.0 Å². The van der Waals surface area contributed by atoms with Crippen molar-refractivity contribution in [2.45, 2.75) is 19.3 Å². The summed E-state index contributed by atoms with van der Waals surface area (Å²) in [6.07, 6.45) is 0. The van der Waals surface area contributed by atoms with E-state index in [0.29, 0.717) is 5.82 Å². The van der Waals surface area contributed by atoms with Crippen LogP contribution < -0.4 is 0 Å². The number of fused-ring (bicyclic) bond motifs is 8. The lowest BCUT2D eigenvalue weighted by Crippen LogP contribution is -2.14. The third-order valence-electron chi connectivity index (χ3n) is 9.07. The number of hydrogen-bond donors (Lipinski definition) is 0. The van der Waals surface area contributed by atoms with Crippen LogP contribution in [0.25, 0.3) is 77.4 Å². The van der Waals surface area contributed by atoms with Gasteiger partial charge >= 0.3 is 0 Å². The Kier molecular flexibility index (Phi) is 4.67. The van der Waals surface area contributed by atoms with E-state index in [0.717, 1.165) is 49.7 Å². The van der Waals surface area contributed by atoms with Gasteiger partial charge in [0.2, 0.25) is 0 Å². The molecule has 0 spiro atoms. The molecule has 0 amide bonds. The van der Waals surface area contributed by atoms with Crippen LogP contribution in [0.2, 0.25) is 0 Å². The number of aromatic nitrogens is 2. The maximum absolute atomic E-state index is 6.69. The van der Waals surface area contributed by atoms with Crippen LogP contribution in [-0.4, -0.2) is 9.97 Å². The molecule has 3 nitrogen and oxygen atoms in total. The summed E-state index contributed by atoms with van der Waals surface area (Å²) in [5.41, 5.74) is 10.7. The predicted octanol–water partition coefficient (Wildman–Crippen LogP) is 10.3. The number of para-hydroxylation sites is 2. The Labute approximate surface area is 243 Å². The maximum atomic E-state index is 6.69. The van der Waals surface area contributed by atoms with E-state index in [2.05, 4.69) is 129 Å². The van der Waals surface area contributed by atoms with E-state index in [9.17, 15) is 0 Å². The second-order valence-corrected chi connectivity index (χ2v) is 11.8. The Balaban J connectivity index is 1.29. The van der Waals surface area contributed by atoms with Crippen molar-refractivity contribution in [3.8, 4) is 33.8 Å². The fourth-order valence-corrected chi connectivity index (χ4v) is 6.92. The summed E-state index contributed by atoms with van der Waals surface area (Å²) in [5, 5.41) is 5.64. The minimum Gasteiger partial charge on any atom is -0.455 e. The third-order valence-corrected chi connectivity index (χ3v) is 9.07. The Morgan fingerprint density at radius 2 is 1.31 bits per heavy atom. The Hall–Kier alpha value is -5.28. The van der Waals surface area contributed by atoms with Crippen molar-refractivity contribution in [3.63, 3.8) is 0 Å². The summed E-state index contributed by atoms with van der Waals surface area (Å²) in [6.45, 7) is 4.60. The first kappa shape index (κ1) is 23.4. The molecule has 0 radical (unpaired) electrons. The van der Waals surface area contributed by atoms with Gasteiger partial charge in [-0.15, -0.1) is 0 Å². The van der Waals surface area contributed by atoms with Gasteiger partial charge in [-0.1, -0.05) is 105 Å². The monoisotopic (exact) mass is 538 g/mol. The Bertz CT molecular complexity index is 2400. The third kappa shape index (κ3) is 3.22. The predicted molar refractivity (Wildman–Crippen MR) is 173 cm³/mol.